The van der Waals surface area contributed by atoms with E-state index in [4.69, 9.17) is 11.6 Å². The predicted octanol–water partition coefficient (Wildman–Crippen LogP) is 4.73. The van der Waals surface area contributed by atoms with Gasteiger partial charge in [-0.05, 0) is 59.5 Å². The van der Waals surface area contributed by atoms with Gasteiger partial charge in [-0.3, -0.25) is 4.79 Å². The number of nitrogens with zero attached hydrogens (tertiary/aromatic N) is 1. The third kappa shape index (κ3) is 3.33. The first-order chi connectivity index (χ1) is 10.0. The molecule has 1 aromatic carbocycles. The van der Waals surface area contributed by atoms with E-state index < -0.39 is 0 Å². The Morgan fingerprint density at radius 3 is 2.67 bits per heavy atom. The highest BCUT2D eigenvalue weighted by Crippen LogP contribution is 2.37. The van der Waals surface area contributed by atoms with Crippen LogP contribution >= 0.6 is 27.5 Å². The highest BCUT2D eigenvalue weighted by Gasteiger charge is 2.28. The highest BCUT2D eigenvalue weighted by molar-refractivity contribution is 9.10. The molecule has 1 aliphatic carbocycles. The van der Waals surface area contributed by atoms with Crippen molar-refractivity contribution < 1.29 is 4.79 Å². The van der Waals surface area contributed by atoms with Crippen molar-refractivity contribution in [3.8, 4) is 0 Å². The molecule has 3 rings (SSSR count). The molecule has 0 aliphatic heterocycles. The number of nitrogens with one attached hydrogen (secondary N) is 1. The Bertz CT molecular complexity index is 661. The Balaban J connectivity index is 1.75. The Hall–Kier alpha value is -1.26. The monoisotopic (exact) mass is 366 g/mol. The van der Waals surface area contributed by atoms with Crippen LogP contribution < -0.4 is 5.32 Å². The van der Waals surface area contributed by atoms with Crippen LogP contribution in [0.3, 0.4) is 0 Å². The van der Waals surface area contributed by atoms with Crippen LogP contribution in [0.4, 0.5) is 0 Å². The van der Waals surface area contributed by atoms with Gasteiger partial charge in [0.25, 0.3) is 5.91 Å². The van der Waals surface area contributed by atoms with E-state index >= 15 is 0 Å². The van der Waals surface area contributed by atoms with Crippen molar-refractivity contribution in [2.45, 2.75) is 31.8 Å². The summed E-state index contributed by atoms with van der Waals surface area (Å²) in [6, 6.07) is 9.83. The van der Waals surface area contributed by atoms with E-state index in [0.29, 0.717) is 16.8 Å². The first-order valence-electron chi connectivity index (χ1n) is 6.98. The van der Waals surface area contributed by atoms with Gasteiger partial charge in [-0.15, -0.1) is 0 Å². The molecule has 1 unspecified atom stereocenters. The van der Waals surface area contributed by atoms with Gasteiger partial charge in [0.15, 0.2) is 0 Å². The number of aromatic nitrogens is 1. The molecule has 1 heterocycles. The van der Waals surface area contributed by atoms with Crippen molar-refractivity contribution in [1.29, 1.82) is 0 Å². The average molecular weight is 368 g/mol. The largest absolute Gasteiger partial charge is 0.344 e. The molecule has 0 saturated heterocycles. The third-order valence-corrected chi connectivity index (χ3v) is 4.39. The lowest BCUT2D eigenvalue weighted by Crippen LogP contribution is -2.28. The summed E-state index contributed by atoms with van der Waals surface area (Å²) in [5.74, 6) is -0.0462. The number of halogens is 2. The maximum Gasteiger partial charge on any atom is 0.268 e. The molecule has 2 aromatic rings. The second kappa shape index (κ2) is 5.85. The second-order valence-corrected chi connectivity index (χ2v) is 6.78. The predicted molar refractivity (Wildman–Crippen MR) is 87.7 cm³/mol. The van der Waals surface area contributed by atoms with E-state index in [1.165, 1.54) is 0 Å². The minimum atomic E-state index is -0.0592. The molecule has 0 bridgehead atoms. The van der Waals surface area contributed by atoms with Crippen LogP contribution in [0.1, 0.15) is 47.9 Å². The molecule has 0 radical (unpaired) electrons. The summed E-state index contributed by atoms with van der Waals surface area (Å²) in [4.78, 5) is 12.5. The van der Waals surface area contributed by atoms with E-state index in [1.54, 1.807) is 0 Å². The smallest absolute Gasteiger partial charge is 0.268 e. The first-order valence-corrected chi connectivity index (χ1v) is 8.15. The minimum Gasteiger partial charge on any atom is -0.344 e. The lowest BCUT2D eigenvalue weighted by atomic mass is 10.1. The fourth-order valence-electron chi connectivity index (χ4n) is 2.39. The lowest BCUT2D eigenvalue weighted by Gasteiger charge is -2.15. The molecule has 21 heavy (non-hydrogen) atoms. The average Bonchev–Trinajstić information content (AvgIpc) is 3.22. The zero-order valence-corrected chi connectivity index (χ0v) is 14.0. The van der Waals surface area contributed by atoms with Crippen LogP contribution in [0.2, 0.25) is 5.02 Å². The van der Waals surface area contributed by atoms with Gasteiger partial charge in [0.05, 0.1) is 6.04 Å². The second-order valence-electron chi connectivity index (χ2n) is 5.43. The van der Waals surface area contributed by atoms with Crippen LogP contribution in [0, 0.1) is 0 Å². The summed E-state index contributed by atoms with van der Waals surface area (Å²) in [6.07, 6.45) is 4.28. The van der Waals surface area contributed by atoms with Gasteiger partial charge in [0.1, 0.15) is 5.69 Å². The van der Waals surface area contributed by atoms with Gasteiger partial charge in [-0.25, -0.2) is 0 Å². The Morgan fingerprint density at radius 2 is 2.05 bits per heavy atom. The highest BCUT2D eigenvalue weighted by atomic mass is 79.9. The maximum atomic E-state index is 12.5. The third-order valence-electron chi connectivity index (χ3n) is 3.71. The number of carbonyl (C=O) groups excluding carboxylic acids is 1. The van der Waals surface area contributed by atoms with Crippen LogP contribution in [0.5, 0.6) is 0 Å². The number of hydrogen-bond acceptors (Lipinski definition) is 1. The van der Waals surface area contributed by atoms with E-state index in [-0.39, 0.29) is 11.9 Å². The molecule has 1 saturated carbocycles. The van der Waals surface area contributed by atoms with E-state index in [2.05, 4.69) is 25.8 Å². The van der Waals surface area contributed by atoms with Crippen LogP contribution in [-0.4, -0.2) is 10.5 Å². The first kappa shape index (κ1) is 14.7. The van der Waals surface area contributed by atoms with Gasteiger partial charge < -0.3 is 9.88 Å². The lowest BCUT2D eigenvalue weighted by molar-refractivity contribution is 0.0930. The standard InChI is InChI=1S/C16H16BrClN2O/c1-10(11-2-4-13(18)5-3-11)19-16(21)15-8-12(17)9-20(15)14-6-7-14/h2-5,8-10,14H,6-7H2,1H3,(H,19,21). The summed E-state index contributed by atoms with van der Waals surface area (Å²) in [5, 5.41) is 3.74. The van der Waals surface area contributed by atoms with Crippen LogP contribution in [0.25, 0.3) is 0 Å². The summed E-state index contributed by atoms with van der Waals surface area (Å²) in [7, 11) is 0. The van der Waals surface area contributed by atoms with Crippen LogP contribution in [-0.2, 0) is 0 Å². The van der Waals surface area contributed by atoms with Crippen molar-refractivity contribution in [2.24, 2.45) is 0 Å². The molecular formula is C16H16BrClN2O. The van der Waals surface area contributed by atoms with Gasteiger partial charge >= 0.3 is 0 Å². The summed E-state index contributed by atoms with van der Waals surface area (Å²) >= 11 is 9.34. The molecule has 5 heteroatoms. The molecule has 1 fully saturated rings. The zero-order chi connectivity index (χ0) is 15.0. The summed E-state index contributed by atoms with van der Waals surface area (Å²) in [6.45, 7) is 1.97. The number of rotatable bonds is 4. The molecule has 110 valence electrons. The van der Waals surface area contributed by atoms with Crippen LogP contribution in [0.15, 0.2) is 41.0 Å². The van der Waals surface area contributed by atoms with Crippen molar-refractivity contribution in [3.63, 3.8) is 0 Å². The molecule has 1 N–H and O–H groups in total. The maximum absolute atomic E-state index is 12.5. The molecule has 0 spiro atoms. The van der Waals surface area contributed by atoms with Gasteiger partial charge in [-0.1, -0.05) is 23.7 Å². The van der Waals surface area contributed by atoms with Gasteiger partial charge in [0.2, 0.25) is 0 Å². The molecule has 1 aliphatic rings. The molecule has 1 atom stereocenters. The SMILES string of the molecule is CC(NC(=O)c1cc(Br)cn1C1CC1)c1ccc(Cl)cc1. The molecule has 1 amide bonds. The van der Waals surface area contributed by atoms with Crippen molar-refractivity contribution in [2.75, 3.05) is 0 Å². The van der Waals surface area contributed by atoms with Crippen molar-refractivity contribution in [3.05, 3.63) is 57.3 Å². The fourth-order valence-corrected chi connectivity index (χ4v) is 2.95. The number of carbonyl (C=O) groups is 1. The fraction of sp³-hybridized carbons (Fsp3) is 0.312. The molecule has 3 nitrogen and oxygen atoms in total. The molecular weight excluding hydrogens is 352 g/mol. The number of benzene rings is 1. The molecule has 1 aromatic heterocycles. The Morgan fingerprint density at radius 1 is 1.38 bits per heavy atom. The van der Waals surface area contributed by atoms with E-state index in [0.717, 1.165) is 22.9 Å². The topological polar surface area (TPSA) is 34.0 Å². The minimum absolute atomic E-state index is 0.0462. The Kier molecular flexibility index (Phi) is 4.09. The summed E-state index contributed by atoms with van der Waals surface area (Å²) < 4.78 is 3.01. The van der Waals surface area contributed by atoms with E-state index in [9.17, 15) is 4.79 Å². The number of hydrogen-bond donors (Lipinski definition) is 1. The van der Waals surface area contributed by atoms with Crippen molar-refractivity contribution >= 4 is 33.4 Å². The number of amides is 1. The zero-order valence-electron chi connectivity index (χ0n) is 11.6. The van der Waals surface area contributed by atoms with Gasteiger partial charge in [0, 0.05) is 21.7 Å². The van der Waals surface area contributed by atoms with Crippen molar-refractivity contribution in [1.82, 2.24) is 9.88 Å². The quantitative estimate of drug-likeness (QED) is 0.833. The summed E-state index contributed by atoms with van der Waals surface area (Å²) in [5.41, 5.74) is 1.75. The van der Waals surface area contributed by atoms with Gasteiger partial charge in [-0.2, -0.15) is 0 Å². The normalized spacial score (nSPS) is 15.8. The van der Waals surface area contributed by atoms with E-state index in [1.807, 2.05) is 43.5 Å². The Labute approximate surface area is 137 Å².